The highest BCUT2D eigenvalue weighted by atomic mass is 32.1. The van der Waals surface area contributed by atoms with Crippen LogP contribution in [0.2, 0.25) is 0 Å². The first-order chi connectivity index (χ1) is 14.3. The van der Waals surface area contributed by atoms with Gasteiger partial charge in [-0.1, -0.05) is 41.6 Å². The number of nitrogens with one attached hydrogen (secondary N) is 1. The number of rotatable bonds is 4. The zero-order valence-electron chi connectivity index (χ0n) is 15.2. The van der Waals surface area contributed by atoms with Crippen LogP contribution in [-0.2, 0) is 0 Å². The van der Waals surface area contributed by atoms with Crippen molar-refractivity contribution in [2.75, 3.05) is 5.32 Å². The number of carbonyl (C=O) groups excluding carboxylic acids is 1. The lowest BCUT2D eigenvalue weighted by atomic mass is 10.1. The lowest BCUT2D eigenvalue weighted by molar-refractivity contribution is 0.102. The van der Waals surface area contributed by atoms with E-state index in [1.54, 1.807) is 28.4 Å². The van der Waals surface area contributed by atoms with E-state index in [0.717, 1.165) is 27.2 Å². The van der Waals surface area contributed by atoms with Crippen LogP contribution in [0.25, 0.3) is 27.2 Å². The summed E-state index contributed by atoms with van der Waals surface area (Å²) < 4.78 is 1.62. The van der Waals surface area contributed by atoms with Gasteiger partial charge < -0.3 is 5.32 Å². The van der Waals surface area contributed by atoms with Crippen molar-refractivity contribution in [3.8, 4) is 16.3 Å². The molecule has 0 aliphatic carbocycles. The molecule has 0 aliphatic heterocycles. The molecular formula is C22H15N5OS. The molecule has 1 amide bonds. The van der Waals surface area contributed by atoms with Crippen LogP contribution < -0.4 is 5.32 Å². The van der Waals surface area contributed by atoms with Gasteiger partial charge in [-0.05, 0) is 35.7 Å². The van der Waals surface area contributed by atoms with Crippen LogP contribution in [0.3, 0.4) is 0 Å². The highest BCUT2D eigenvalue weighted by Gasteiger charge is 2.16. The van der Waals surface area contributed by atoms with Gasteiger partial charge in [0.1, 0.15) is 0 Å². The maximum absolute atomic E-state index is 13.3. The van der Waals surface area contributed by atoms with Crippen molar-refractivity contribution in [1.29, 1.82) is 0 Å². The molecule has 0 saturated heterocycles. The summed E-state index contributed by atoms with van der Waals surface area (Å²) in [4.78, 5) is 19.0. The van der Waals surface area contributed by atoms with Crippen LogP contribution in [0.4, 0.5) is 5.69 Å². The van der Waals surface area contributed by atoms with Crippen molar-refractivity contribution in [3.05, 3.63) is 90.1 Å². The summed E-state index contributed by atoms with van der Waals surface area (Å²) in [5.41, 5.74) is 3.55. The van der Waals surface area contributed by atoms with Gasteiger partial charge in [-0.3, -0.25) is 4.79 Å². The van der Waals surface area contributed by atoms with Crippen LogP contribution in [0.15, 0.2) is 84.5 Å². The minimum absolute atomic E-state index is 0.200. The largest absolute Gasteiger partial charge is 0.320 e. The molecule has 0 aliphatic rings. The molecule has 1 N–H and O–H groups in total. The van der Waals surface area contributed by atoms with Crippen LogP contribution in [-0.4, -0.2) is 25.9 Å². The number of benzene rings is 2. The van der Waals surface area contributed by atoms with Gasteiger partial charge in [0.2, 0.25) is 0 Å². The van der Waals surface area contributed by atoms with Gasteiger partial charge in [0, 0.05) is 5.39 Å². The Bertz CT molecular complexity index is 1300. The van der Waals surface area contributed by atoms with E-state index in [-0.39, 0.29) is 5.91 Å². The van der Waals surface area contributed by atoms with E-state index in [9.17, 15) is 4.79 Å². The fourth-order valence-electron chi connectivity index (χ4n) is 3.22. The van der Waals surface area contributed by atoms with Crippen molar-refractivity contribution >= 4 is 33.8 Å². The molecule has 140 valence electrons. The van der Waals surface area contributed by atoms with E-state index in [1.807, 2.05) is 72.1 Å². The molecule has 0 saturated carbocycles. The maximum Gasteiger partial charge on any atom is 0.256 e. The molecule has 0 spiro atoms. The second-order valence-electron chi connectivity index (χ2n) is 6.37. The SMILES string of the molecule is O=C(Nc1ccccc1-n1ccnn1)c1cc(-c2cccs2)nc2ccccc12. The number of para-hydroxylation sites is 3. The summed E-state index contributed by atoms with van der Waals surface area (Å²) >= 11 is 1.60. The Hall–Kier alpha value is -3.84. The Morgan fingerprint density at radius 1 is 1.00 bits per heavy atom. The Labute approximate surface area is 170 Å². The zero-order valence-corrected chi connectivity index (χ0v) is 16.0. The minimum atomic E-state index is -0.200. The predicted octanol–water partition coefficient (Wildman–Crippen LogP) is 4.80. The summed E-state index contributed by atoms with van der Waals surface area (Å²) in [7, 11) is 0. The van der Waals surface area contributed by atoms with Gasteiger partial charge in [-0.25, -0.2) is 9.67 Å². The van der Waals surface area contributed by atoms with E-state index < -0.39 is 0 Å². The third-order valence-electron chi connectivity index (χ3n) is 4.56. The van der Waals surface area contributed by atoms with E-state index in [2.05, 4.69) is 15.6 Å². The Kier molecular flexibility index (Phi) is 4.34. The molecule has 0 bridgehead atoms. The molecule has 3 heterocycles. The van der Waals surface area contributed by atoms with Crippen molar-refractivity contribution in [2.24, 2.45) is 0 Å². The molecule has 6 nitrogen and oxygen atoms in total. The molecule has 29 heavy (non-hydrogen) atoms. The molecule has 5 aromatic rings. The average Bonchev–Trinajstić information content (AvgIpc) is 3.47. The molecule has 3 aromatic heterocycles. The fourth-order valence-corrected chi connectivity index (χ4v) is 3.91. The van der Waals surface area contributed by atoms with Crippen molar-refractivity contribution in [1.82, 2.24) is 20.0 Å². The number of thiophene rings is 1. The Balaban J connectivity index is 1.59. The van der Waals surface area contributed by atoms with E-state index in [0.29, 0.717) is 11.3 Å². The number of carbonyl (C=O) groups is 1. The van der Waals surface area contributed by atoms with Crippen LogP contribution in [0.5, 0.6) is 0 Å². The number of aromatic nitrogens is 4. The highest BCUT2D eigenvalue weighted by molar-refractivity contribution is 7.13. The number of hydrogen-bond acceptors (Lipinski definition) is 5. The first kappa shape index (κ1) is 17.3. The number of anilines is 1. The number of amides is 1. The molecule has 0 fully saturated rings. The van der Waals surface area contributed by atoms with E-state index >= 15 is 0 Å². The predicted molar refractivity (Wildman–Crippen MR) is 114 cm³/mol. The first-order valence-electron chi connectivity index (χ1n) is 9.00. The number of fused-ring (bicyclic) bond motifs is 1. The van der Waals surface area contributed by atoms with Gasteiger partial charge in [0.15, 0.2) is 0 Å². The topological polar surface area (TPSA) is 72.7 Å². The number of hydrogen-bond donors (Lipinski definition) is 1. The third kappa shape index (κ3) is 3.28. The summed E-state index contributed by atoms with van der Waals surface area (Å²) in [6.45, 7) is 0. The van der Waals surface area contributed by atoms with Crippen LogP contribution >= 0.6 is 11.3 Å². The molecule has 2 aromatic carbocycles. The molecule has 0 radical (unpaired) electrons. The maximum atomic E-state index is 13.3. The van der Waals surface area contributed by atoms with Crippen molar-refractivity contribution in [3.63, 3.8) is 0 Å². The van der Waals surface area contributed by atoms with E-state index in [1.165, 1.54) is 0 Å². The Morgan fingerprint density at radius 3 is 2.69 bits per heavy atom. The summed E-state index contributed by atoms with van der Waals surface area (Å²) in [6, 6.07) is 21.0. The second kappa shape index (κ2) is 7.29. The summed E-state index contributed by atoms with van der Waals surface area (Å²) in [5.74, 6) is -0.200. The molecule has 5 rings (SSSR count). The Morgan fingerprint density at radius 2 is 1.86 bits per heavy atom. The lowest BCUT2D eigenvalue weighted by Gasteiger charge is -2.12. The monoisotopic (exact) mass is 397 g/mol. The van der Waals surface area contributed by atoms with Gasteiger partial charge >= 0.3 is 0 Å². The fraction of sp³-hybridized carbons (Fsp3) is 0. The van der Waals surface area contributed by atoms with Gasteiger partial charge in [0.05, 0.1) is 45.4 Å². The normalized spacial score (nSPS) is 10.9. The molecule has 0 atom stereocenters. The summed E-state index contributed by atoms with van der Waals surface area (Å²) in [6.07, 6.45) is 3.34. The van der Waals surface area contributed by atoms with Gasteiger partial charge in [-0.15, -0.1) is 16.4 Å². The molecule has 0 unspecified atom stereocenters. The summed E-state index contributed by atoms with van der Waals surface area (Å²) in [5, 5.41) is 13.7. The highest BCUT2D eigenvalue weighted by Crippen LogP contribution is 2.29. The number of nitrogens with zero attached hydrogens (tertiary/aromatic N) is 4. The average molecular weight is 397 g/mol. The smallest absolute Gasteiger partial charge is 0.256 e. The van der Waals surface area contributed by atoms with Crippen molar-refractivity contribution in [2.45, 2.75) is 0 Å². The minimum Gasteiger partial charge on any atom is -0.320 e. The molecule has 7 heteroatoms. The van der Waals surface area contributed by atoms with E-state index in [4.69, 9.17) is 4.98 Å². The van der Waals surface area contributed by atoms with Gasteiger partial charge in [-0.2, -0.15) is 0 Å². The third-order valence-corrected chi connectivity index (χ3v) is 5.45. The first-order valence-corrected chi connectivity index (χ1v) is 9.88. The van der Waals surface area contributed by atoms with Crippen LogP contribution in [0.1, 0.15) is 10.4 Å². The molecular weight excluding hydrogens is 382 g/mol. The zero-order chi connectivity index (χ0) is 19.6. The second-order valence-corrected chi connectivity index (χ2v) is 7.32. The van der Waals surface area contributed by atoms with Gasteiger partial charge in [0.25, 0.3) is 5.91 Å². The number of pyridine rings is 1. The quantitative estimate of drug-likeness (QED) is 0.473. The van der Waals surface area contributed by atoms with Crippen LogP contribution in [0, 0.1) is 0 Å². The van der Waals surface area contributed by atoms with Crippen molar-refractivity contribution < 1.29 is 4.79 Å². The standard InChI is InChI=1S/C22H15N5OS/c28-22(25-18-8-3-4-9-20(18)27-12-11-23-26-27)16-14-19(21-10-5-13-29-21)24-17-7-2-1-6-15(16)17/h1-14H,(H,25,28). The lowest BCUT2D eigenvalue weighted by Crippen LogP contribution is -2.15.